The third-order valence-electron chi connectivity index (χ3n) is 17.5. The minimum Gasteiger partial charge on any atom is -0.466 e. The van der Waals surface area contributed by atoms with E-state index >= 15 is 0 Å². The maximum atomic E-state index is 12.5. The Morgan fingerprint density at radius 3 is 0.877 bits per heavy atom. The Morgan fingerprint density at radius 1 is 0.333 bits per heavy atom. The summed E-state index contributed by atoms with van der Waals surface area (Å²) in [7, 11) is 0. The van der Waals surface area contributed by atoms with Gasteiger partial charge in [-0.1, -0.05) is 372 Å². The van der Waals surface area contributed by atoms with Crippen LogP contribution < -0.4 is 5.32 Å². The molecule has 0 radical (unpaired) electrons. The zero-order valence-corrected chi connectivity index (χ0v) is 55.0. The molecule has 6 heteroatoms. The van der Waals surface area contributed by atoms with Crippen molar-refractivity contribution in [3.05, 3.63) is 24.3 Å². The molecule has 2 atom stereocenters. The molecule has 0 aromatic rings. The number of hydrogen-bond donors (Lipinski definition) is 3. The van der Waals surface area contributed by atoms with E-state index < -0.39 is 12.1 Å². The van der Waals surface area contributed by atoms with Crippen LogP contribution in [0.3, 0.4) is 0 Å². The molecule has 0 aliphatic heterocycles. The number of carbonyl (C=O) groups excluding carboxylic acids is 2. The lowest BCUT2D eigenvalue weighted by Crippen LogP contribution is -2.45. The molecule has 480 valence electrons. The minimum atomic E-state index is -0.842. The van der Waals surface area contributed by atoms with E-state index in [0.29, 0.717) is 19.4 Å². The third-order valence-corrected chi connectivity index (χ3v) is 17.5. The van der Waals surface area contributed by atoms with Crippen molar-refractivity contribution in [3.8, 4) is 0 Å². The molecule has 2 unspecified atom stereocenters. The quantitative estimate of drug-likeness (QED) is 0.0320. The van der Waals surface area contributed by atoms with Gasteiger partial charge in [0.05, 0.1) is 25.4 Å². The number of esters is 1. The number of carbonyl (C=O) groups is 2. The first kappa shape index (κ1) is 79.3. The van der Waals surface area contributed by atoms with Crippen LogP contribution in [-0.4, -0.2) is 47.4 Å². The first-order valence-corrected chi connectivity index (χ1v) is 37.1. The summed E-state index contributed by atoms with van der Waals surface area (Å²) in [5, 5.41) is 23.1. The number of amides is 1. The third kappa shape index (κ3) is 67.3. The fourth-order valence-corrected chi connectivity index (χ4v) is 11.8. The number of aliphatic hydroxyl groups is 2. The Morgan fingerprint density at radius 2 is 0.580 bits per heavy atom. The highest BCUT2D eigenvalue weighted by Crippen LogP contribution is 2.19. The van der Waals surface area contributed by atoms with E-state index in [1.807, 2.05) is 6.08 Å². The largest absolute Gasteiger partial charge is 0.466 e. The van der Waals surface area contributed by atoms with E-state index in [1.165, 1.54) is 353 Å². The van der Waals surface area contributed by atoms with Crippen LogP contribution >= 0.6 is 0 Å². The standard InChI is InChI=1S/C75H145NO5/c1-3-5-7-9-11-13-15-17-19-20-38-41-45-49-53-57-61-65-69-75(80)81-70-66-62-58-54-50-46-42-39-36-34-32-30-28-26-24-22-21-23-25-27-29-31-33-35-37-40-44-48-52-56-60-64-68-74(79)76-72(71-77)73(78)67-63-59-55-51-47-43-18-16-14-12-10-8-6-4-2/h24,26,63,67,72-73,77-78H,3-23,25,27-62,64-66,68-71H2,1-2H3,(H,76,79)/b26-24-,67-63+. The molecule has 0 aliphatic carbocycles. The molecule has 0 aromatic heterocycles. The minimum absolute atomic E-state index is 0.0231. The van der Waals surface area contributed by atoms with Gasteiger partial charge in [-0.3, -0.25) is 9.59 Å². The van der Waals surface area contributed by atoms with Crippen LogP contribution in [0.15, 0.2) is 24.3 Å². The molecule has 0 fully saturated rings. The molecule has 3 N–H and O–H groups in total. The highest BCUT2D eigenvalue weighted by atomic mass is 16.5. The van der Waals surface area contributed by atoms with Gasteiger partial charge in [0.1, 0.15) is 0 Å². The summed E-state index contributed by atoms with van der Waals surface area (Å²) in [6.45, 7) is 4.94. The van der Waals surface area contributed by atoms with E-state index in [0.717, 1.165) is 38.5 Å². The van der Waals surface area contributed by atoms with Gasteiger partial charge in [0.2, 0.25) is 5.91 Å². The van der Waals surface area contributed by atoms with Crippen molar-refractivity contribution < 1.29 is 24.5 Å². The van der Waals surface area contributed by atoms with Crippen molar-refractivity contribution >= 4 is 11.9 Å². The lowest BCUT2D eigenvalue weighted by atomic mass is 10.0. The van der Waals surface area contributed by atoms with Crippen LogP contribution in [-0.2, 0) is 14.3 Å². The van der Waals surface area contributed by atoms with Gasteiger partial charge in [-0.15, -0.1) is 0 Å². The molecule has 0 spiro atoms. The first-order valence-electron chi connectivity index (χ1n) is 37.1. The number of unbranched alkanes of at least 4 members (excludes halogenated alkanes) is 57. The van der Waals surface area contributed by atoms with Gasteiger partial charge in [-0.05, 0) is 57.8 Å². The van der Waals surface area contributed by atoms with Crippen molar-refractivity contribution in [1.82, 2.24) is 5.32 Å². The maximum Gasteiger partial charge on any atom is 0.305 e. The van der Waals surface area contributed by atoms with Crippen LogP contribution in [0.5, 0.6) is 0 Å². The zero-order valence-electron chi connectivity index (χ0n) is 55.0. The van der Waals surface area contributed by atoms with Gasteiger partial charge in [-0.25, -0.2) is 0 Å². The van der Waals surface area contributed by atoms with Gasteiger partial charge < -0.3 is 20.3 Å². The van der Waals surface area contributed by atoms with Crippen LogP contribution in [0.25, 0.3) is 0 Å². The smallest absolute Gasteiger partial charge is 0.305 e. The van der Waals surface area contributed by atoms with E-state index in [1.54, 1.807) is 6.08 Å². The summed E-state index contributed by atoms with van der Waals surface area (Å²) in [5.41, 5.74) is 0. The second kappa shape index (κ2) is 70.8. The summed E-state index contributed by atoms with van der Waals surface area (Å²) in [5.74, 6) is -0.0399. The Bertz CT molecular complexity index is 1270. The molecule has 0 heterocycles. The van der Waals surface area contributed by atoms with Crippen molar-refractivity contribution in [2.24, 2.45) is 0 Å². The Balaban J connectivity index is 3.34. The van der Waals surface area contributed by atoms with Crippen LogP contribution in [0, 0.1) is 0 Å². The fourth-order valence-electron chi connectivity index (χ4n) is 11.8. The Kier molecular flexibility index (Phi) is 69.4. The molecule has 0 rings (SSSR count). The summed E-state index contributed by atoms with van der Waals surface area (Å²) in [6, 6.07) is -0.625. The van der Waals surface area contributed by atoms with Crippen LogP contribution in [0.2, 0.25) is 0 Å². The molecule has 0 bridgehead atoms. The second-order valence-corrected chi connectivity index (χ2v) is 25.6. The highest BCUT2D eigenvalue weighted by Gasteiger charge is 2.18. The van der Waals surface area contributed by atoms with Gasteiger partial charge in [0.25, 0.3) is 0 Å². The normalized spacial score (nSPS) is 12.6. The highest BCUT2D eigenvalue weighted by molar-refractivity contribution is 5.76. The first-order chi connectivity index (χ1) is 40.0. The summed E-state index contributed by atoms with van der Waals surface area (Å²) >= 11 is 0. The van der Waals surface area contributed by atoms with Crippen molar-refractivity contribution in [2.75, 3.05) is 13.2 Å². The predicted octanol–water partition coefficient (Wildman–Crippen LogP) is 24.1. The lowest BCUT2D eigenvalue weighted by Gasteiger charge is -2.20. The van der Waals surface area contributed by atoms with Crippen molar-refractivity contribution in [2.45, 2.75) is 431 Å². The van der Waals surface area contributed by atoms with E-state index in [2.05, 4.69) is 31.3 Å². The molecule has 0 aromatic carbocycles. The SMILES string of the molecule is CCCCCCCCCCCCCC/C=C/C(O)C(CO)NC(=O)CCCCCCCCCCCCCCCCCC/C=C\CCCCCCCCCCCCCCOC(=O)CCCCCCCCCCCCCCCCCCCC. The molecule has 0 saturated heterocycles. The molecule has 6 nitrogen and oxygen atoms in total. The molecule has 1 amide bonds. The monoisotopic (exact) mass is 1140 g/mol. The second-order valence-electron chi connectivity index (χ2n) is 25.6. The van der Waals surface area contributed by atoms with Gasteiger partial charge in [-0.2, -0.15) is 0 Å². The number of hydrogen-bond acceptors (Lipinski definition) is 5. The van der Waals surface area contributed by atoms with Gasteiger partial charge >= 0.3 is 5.97 Å². The number of nitrogens with one attached hydrogen (secondary N) is 1. The maximum absolute atomic E-state index is 12.5. The Labute approximate surface area is 507 Å². The molecule has 0 aliphatic rings. The topological polar surface area (TPSA) is 95.9 Å². The van der Waals surface area contributed by atoms with Crippen LogP contribution in [0.1, 0.15) is 418 Å². The molecule has 0 saturated carbocycles. The average Bonchev–Trinajstić information content (AvgIpc) is 3.47. The summed E-state index contributed by atoms with van der Waals surface area (Å²) < 4.78 is 5.51. The molecular formula is C75H145NO5. The summed E-state index contributed by atoms with van der Waals surface area (Å²) in [6.07, 6.45) is 90.0. The predicted molar refractivity (Wildman–Crippen MR) is 356 cm³/mol. The van der Waals surface area contributed by atoms with Gasteiger partial charge in [0.15, 0.2) is 0 Å². The molecule has 81 heavy (non-hydrogen) atoms. The number of rotatable bonds is 70. The van der Waals surface area contributed by atoms with Crippen molar-refractivity contribution in [3.63, 3.8) is 0 Å². The van der Waals surface area contributed by atoms with Crippen molar-refractivity contribution in [1.29, 1.82) is 0 Å². The van der Waals surface area contributed by atoms with Crippen LogP contribution in [0.4, 0.5) is 0 Å². The number of ether oxygens (including phenoxy) is 1. The molecular weight excluding hydrogens is 995 g/mol. The Hall–Kier alpha value is -1.66. The summed E-state index contributed by atoms with van der Waals surface area (Å²) in [4.78, 5) is 24.6. The lowest BCUT2D eigenvalue weighted by molar-refractivity contribution is -0.143. The zero-order chi connectivity index (χ0) is 58.5. The average molecular weight is 1140 g/mol. The number of allylic oxidation sites excluding steroid dienone is 3. The van der Waals surface area contributed by atoms with Gasteiger partial charge in [0, 0.05) is 12.8 Å². The van der Waals surface area contributed by atoms with E-state index in [9.17, 15) is 19.8 Å². The van der Waals surface area contributed by atoms with E-state index in [4.69, 9.17) is 4.74 Å². The number of aliphatic hydroxyl groups excluding tert-OH is 2. The fraction of sp³-hybridized carbons (Fsp3) is 0.920. The van der Waals surface area contributed by atoms with E-state index in [-0.39, 0.29) is 18.5 Å².